The maximum atomic E-state index is 11.5. The molecule has 0 fully saturated rings. The van der Waals surface area contributed by atoms with Crippen LogP contribution in [0.5, 0.6) is 0 Å². The van der Waals surface area contributed by atoms with Gasteiger partial charge in [0.2, 0.25) is 5.91 Å². The number of amides is 1. The van der Waals surface area contributed by atoms with Crippen molar-refractivity contribution in [3.63, 3.8) is 0 Å². The molecule has 3 N–H and O–H groups in total. The number of ether oxygens (including phenoxy) is 1. The Hall–Kier alpha value is -1.88. The minimum atomic E-state index is -0.404. The standard InChI is InChI=1S/C12H16N2O3/c1-8(7-13)11(15)14-10-5-3-9(4-6-10)12(16)17-2/h3-6,8H,7,13H2,1-2H3,(H,14,15). The maximum Gasteiger partial charge on any atom is 0.337 e. The Kier molecular flexibility index (Phi) is 4.66. The second-order valence-electron chi connectivity index (χ2n) is 3.69. The van der Waals surface area contributed by atoms with Crippen LogP contribution in [0.1, 0.15) is 17.3 Å². The second-order valence-corrected chi connectivity index (χ2v) is 3.69. The fraction of sp³-hybridized carbons (Fsp3) is 0.333. The summed E-state index contributed by atoms with van der Waals surface area (Å²) in [5, 5.41) is 2.71. The van der Waals surface area contributed by atoms with Crippen LogP contribution in [-0.2, 0) is 9.53 Å². The van der Waals surface area contributed by atoms with E-state index in [2.05, 4.69) is 10.1 Å². The van der Waals surface area contributed by atoms with Crippen LogP contribution >= 0.6 is 0 Å². The van der Waals surface area contributed by atoms with E-state index in [0.717, 1.165) is 0 Å². The largest absolute Gasteiger partial charge is 0.465 e. The molecule has 1 unspecified atom stereocenters. The van der Waals surface area contributed by atoms with Crippen LogP contribution in [0.3, 0.4) is 0 Å². The highest BCUT2D eigenvalue weighted by Crippen LogP contribution is 2.11. The van der Waals surface area contributed by atoms with Crippen LogP contribution in [-0.4, -0.2) is 25.5 Å². The Morgan fingerprint density at radius 1 is 1.35 bits per heavy atom. The molecule has 1 amide bonds. The predicted octanol–water partition coefficient (Wildman–Crippen LogP) is 1.01. The fourth-order valence-electron chi connectivity index (χ4n) is 1.18. The molecule has 0 aliphatic carbocycles. The van der Waals surface area contributed by atoms with E-state index in [0.29, 0.717) is 17.8 Å². The van der Waals surface area contributed by atoms with Gasteiger partial charge in [-0.05, 0) is 24.3 Å². The molecule has 0 aliphatic heterocycles. The molecule has 1 aromatic carbocycles. The van der Waals surface area contributed by atoms with Crippen LogP contribution < -0.4 is 11.1 Å². The highest BCUT2D eigenvalue weighted by Gasteiger charge is 2.11. The summed E-state index contributed by atoms with van der Waals surface area (Å²) >= 11 is 0. The Balaban J connectivity index is 2.69. The van der Waals surface area contributed by atoms with Gasteiger partial charge in [-0.1, -0.05) is 6.92 Å². The van der Waals surface area contributed by atoms with E-state index in [-0.39, 0.29) is 11.8 Å². The fourth-order valence-corrected chi connectivity index (χ4v) is 1.18. The minimum Gasteiger partial charge on any atom is -0.465 e. The highest BCUT2D eigenvalue weighted by atomic mass is 16.5. The zero-order valence-electron chi connectivity index (χ0n) is 9.90. The van der Waals surface area contributed by atoms with Crippen molar-refractivity contribution in [2.45, 2.75) is 6.92 Å². The number of rotatable bonds is 4. The lowest BCUT2D eigenvalue weighted by molar-refractivity contribution is -0.119. The van der Waals surface area contributed by atoms with E-state index >= 15 is 0 Å². The smallest absolute Gasteiger partial charge is 0.337 e. The number of nitrogens with one attached hydrogen (secondary N) is 1. The summed E-state index contributed by atoms with van der Waals surface area (Å²) in [6.45, 7) is 2.05. The molecular weight excluding hydrogens is 220 g/mol. The first kappa shape index (κ1) is 13.2. The molecule has 0 bridgehead atoms. The van der Waals surface area contributed by atoms with Crippen LogP contribution in [0, 0.1) is 5.92 Å². The third-order valence-electron chi connectivity index (χ3n) is 2.37. The zero-order chi connectivity index (χ0) is 12.8. The molecule has 0 aliphatic rings. The molecule has 0 saturated carbocycles. The van der Waals surface area contributed by atoms with Crippen molar-refractivity contribution in [1.82, 2.24) is 0 Å². The van der Waals surface area contributed by atoms with E-state index < -0.39 is 5.97 Å². The lowest BCUT2D eigenvalue weighted by atomic mass is 10.1. The summed E-state index contributed by atoms with van der Waals surface area (Å²) in [5.41, 5.74) is 6.46. The van der Waals surface area contributed by atoms with Gasteiger partial charge in [-0.25, -0.2) is 4.79 Å². The van der Waals surface area contributed by atoms with Gasteiger partial charge in [-0.2, -0.15) is 0 Å². The monoisotopic (exact) mass is 236 g/mol. The summed E-state index contributed by atoms with van der Waals surface area (Å²) in [7, 11) is 1.32. The van der Waals surface area contributed by atoms with E-state index in [1.807, 2.05) is 0 Å². The van der Waals surface area contributed by atoms with Gasteiger partial charge in [0.15, 0.2) is 0 Å². The van der Waals surface area contributed by atoms with Crippen LogP contribution in [0.4, 0.5) is 5.69 Å². The molecule has 1 aromatic rings. The number of carbonyl (C=O) groups is 2. The average Bonchev–Trinajstić information content (AvgIpc) is 2.37. The summed E-state index contributed by atoms with van der Waals surface area (Å²) < 4.78 is 4.57. The number of methoxy groups -OCH3 is 1. The Morgan fingerprint density at radius 2 is 1.94 bits per heavy atom. The number of anilines is 1. The molecule has 0 radical (unpaired) electrons. The molecule has 17 heavy (non-hydrogen) atoms. The molecule has 5 heteroatoms. The third kappa shape index (κ3) is 3.57. The lowest BCUT2D eigenvalue weighted by Gasteiger charge is -2.10. The molecule has 5 nitrogen and oxygen atoms in total. The Bertz CT molecular complexity index is 401. The first-order valence-corrected chi connectivity index (χ1v) is 5.27. The number of esters is 1. The van der Waals surface area contributed by atoms with Crippen molar-refractivity contribution in [3.8, 4) is 0 Å². The van der Waals surface area contributed by atoms with Crippen LogP contribution in [0.2, 0.25) is 0 Å². The van der Waals surface area contributed by atoms with Crippen molar-refractivity contribution in [1.29, 1.82) is 0 Å². The SMILES string of the molecule is COC(=O)c1ccc(NC(=O)C(C)CN)cc1. The quantitative estimate of drug-likeness (QED) is 0.764. The molecule has 1 rings (SSSR count). The second kappa shape index (κ2) is 6.00. The number of hydrogen-bond acceptors (Lipinski definition) is 4. The molecular formula is C12H16N2O3. The van der Waals surface area contributed by atoms with Crippen molar-refractivity contribution in [2.24, 2.45) is 11.7 Å². The molecule has 1 atom stereocenters. The summed E-state index contributed by atoms with van der Waals surface area (Å²) in [6.07, 6.45) is 0. The number of carbonyl (C=O) groups excluding carboxylic acids is 2. The van der Waals surface area contributed by atoms with E-state index in [1.54, 1.807) is 31.2 Å². The average molecular weight is 236 g/mol. The Labute approximate surface area is 99.9 Å². The van der Waals surface area contributed by atoms with Gasteiger partial charge < -0.3 is 15.8 Å². The van der Waals surface area contributed by atoms with E-state index in [9.17, 15) is 9.59 Å². The lowest BCUT2D eigenvalue weighted by Crippen LogP contribution is -2.26. The van der Waals surface area contributed by atoms with Gasteiger partial charge in [0, 0.05) is 18.2 Å². The Morgan fingerprint density at radius 3 is 2.41 bits per heavy atom. The first-order chi connectivity index (χ1) is 8.08. The van der Waals surface area contributed by atoms with Gasteiger partial charge in [0.05, 0.1) is 12.7 Å². The van der Waals surface area contributed by atoms with Crippen molar-refractivity contribution in [2.75, 3.05) is 19.0 Å². The van der Waals surface area contributed by atoms with E-state index in [4.69, 9.17) is 5.73 Å². The van der Waals surface area contributed by atoms with Crippen molar-refractivity contribution < 1.29 is 14.3 Å². The number of nitrogens with two attached hydrogens (primary N) is 1. The topological polar surface area (TPSA) is 81.4 Å². The van der Waals surface area contributed by atoms with Crippen LogP contribution in [0.25, 0.3) is 0 Å². The van der Waals surface area contributed by atoms with Crippen molar-refractivity contribution in [3.05, 3.63) is 29.8 Å². The minimum absolute atomic E-state index is 0.140. The molecule has 0 heterocycles. The number of hydrogen-bond donors (Lipinski definition) is 2. The van der Waals surface area contributed by atoms with Gasteiger partial charge in [-0.3, -0.25) is 4.79 Å². The highest BCUT2D eigenvalue weighted by molar-refractivity contribution is 5.94. The normalized spacial score (nSPS) is 11.7. The van der Waals surface area contributed by atoms with Gasteiger partial charge in [0.1, 0.15) is 0 Å². The summed E-state index contributed by atoms with van der Waals surface area (Å²) in [5.74, 6) is -0.785. The summed E-state index contributed by atoms with van der Waals surface area (Å²) in [6, 6.07) is 6.48. The predicted molar refractivity (Wildman–Crippen MR) is 64.6 cm³/mol. The molecule has 0 spiro atoms. The summed E-state index contributed by atoms with van der Waals surface area (Å²) in [4.78, 5) is 22.7. The zero-order valence-corrected chi connectivity index (χ0v) is 9.90. The van der Waals surface area contributed by atoms with Gasteiger partial charge in [-0.15, -0.1) is 0 Å². The molecule has 92 valence electrons. The molecule has 0 saturated heterocycles. The molecule has 0 aromatic heterocycles. The third-order valence-corrected chi connectivity index (χ3v) is 2.37. The van der Waals surface area contributed by atoms with Crippen molar-refractivity contribution >= 4 is 17.6 Å². The first-order valence-electron chi connectivity index (χ1n) is 5.27. The van der Waals surface area contributed by atoms with Gasteiger partial charge >= 0.3 is 5.97 Å². The number of benzene rings is 1. The van der Waals surface area contributed by atoms with Crippen LogP contribution in [0.15, 0.2) is 24.3 Å². The maximum absolute atomic E-state index is 11.5. The van der Waals surface area contributed by atoms with E-state index in [1.165, 1.54) is 7.11 Å². The van der Waals surface area contributed by atoms with Gasteiger partial charge in [0.25, 0.3) is 0 Å².